The van der Waals surface area contributed by atoms with Gasteiger partial charge in [0.2, 0.25) is 0 Å². The smallest absolute Gasteiger partial charge is 0.0716 e. The van der Waals surface area contributed by atoms with E-state index in [4.69, 9.17) is 0 Å². The second kappa shape index (κ2) is 3.31. The zero-order chi connectivity index (χ0) is 9.42. The van der Waals surface area contributed by atoms with Crippen molar-refractivity contribution in [3.63, 3.8) is 0 Å². The standard InChI is InChI=1S/C10H12BrNO/c1-6(13)10-5-7-8(11)3-2-4-9(7)12-10/h2-4,6,10,12-13H,5H2,1H3. The minimum atomic E-state index is -0.306. The maximum absolute atomic E-state index is 9.44. The van der Waals surface area contributed by atoms with Gasteiger partial charge in [-0.3, -0.25) is 0 Å². The molecular formula is C10H12BrNO. The summed E-state index contributed by atoms with van der Waals surface area (Å²) in [4.78, 5) is 0. The molecule has 0 saturated carbocycles. The summed E-state index contributed by atoms with van der Waals surface area (Å²) in [7, 11) is 0. The van der Waals surface area contributed by atoms with Gasteiger partial charge in [0.1, 0.15) is 0 Å². The number of fused-ring (bicyclic) bond motifs is 1. The number of rotatable bonds is 1. The van der Waals surface area contributed by atoms with Crippen LogP contribution in [-0.2, 0) is 6.42 Å². The molecule has 0 amide bonds. The molecule has 1 aromatic carbocycles. The lowest BCUT2D eigenvalue weighted by Crippen LogP contribution is -2.28. The summed E-state index contributed by atoms with van der Waals surface area (Å²) >= 11 is 3.50. The van der Waals surface area contributed by atoms with Crippen LogP contribution in [0.5, 0.6) is 0 Å². The molecule has 2 N–H and O–H groups in total. The van der Waals surface area contributed by atoms with Gasteiger partial charge in [-0.15, -0.1) is 0 Å². The van der Waals surface area contributed by atoms with Gasteiger partial charge in [0.05, 0.1) is 12.1 Å². The highest BCUT2D eigenvalue weighted by Crippen LogP contribution is 2.32. The van der Waals surface area contributed by atoms with Crippen molar-refractivity contribution < 1.29 is 5.11 Å². The summed E-state index contributed by atoms with van der Waals surface area (Å²) in [5, 5.41) is 12.7. The first-order chi connectivity index (χ1) is 6.18. The fourth-order valence-electron chi connectivity index (χ4n) is 1.66. The second-order valence-electron chi connectivity index (χ2n) is 3.46. The molecule has 0 aliphatic carbocycles. The quantitative estimate of drug-likeness (QED) is 0.790. The van der Waals surface area contributed by atoms with Gasteiger partial charge in [0.15, 0.2) is 0 Å². The molecular weight excluding hydrogens is 230 g/mol. The van der Waals surface area contributed by atoms with Crippen LogP contribution in [0, 0.1) is 0 Å². The number of hydrogen-bond donors (Lipinski definition) is 2. The van der Waals surface area contributed by atoms with Crippen LogP contribution in [0.15, 0.2) is 22.7 Å². The monoisotopic (exact) mass is 241 g/mol. The Morgan fingerprint density at radius 2 is 2.38 bits per heavy atom. The highest BCUT2D eigenvalue weighted by Gasteiger charge is 2.25. The summed E-state index contributed by atoms with van der Waals surface area (Å²) in [6, 6.07) is 6.24. The van der Waals surface area contributed by atoms with Crippen molar-refractivity contribution in [2.75, 3.05) is 5.32 Å². The molecule has 1 aliphatic rings. The zero-order valence-corrected chi connectivity index (χ0v) is 9.01. The zero-order valence-electron chi connectivity index (χ0n) is 7.42. The number of benzene rings is 1. The summed E-state index contributed by atoms with van der Waals surface area (Å²) in [5.74, 6) is 0. The predicted octanol–water partition coefficient (Wildman–Crippen LogP) is 2.17. The number of aliphatic hydroxyl groups is 1. The molecule has 1 aromatic rings. The van der Waals surface area contributed by atoms with E-state index in [0.717, 1.165) is 16.6 Å². The van der Waals surface area contributed by atoms with E-state index in [-0.39, 0.29) is 12.1 Å². The molecule has 70 valence electrons. The van der Waals surface area contributed by atoms with Gasteiger partial charge >= 0.3 is 0 Å². The number of halogens is 1. The van der Waals surface area contributed by atoms with E-state index in [1.165, 1.54) is 5.56 Å². The third-order valence-electron chi connectivity index (χ3n) is 2.47. The Hall–Kier alpha value is -0.540. The lowest BCUT2D eigenvalue weighted by molar-refractivity contribution is 0.174. The van der Waals surface area contributed by atoms with Crippen LogP contribution in [-0.4, -0.2) is 17.3 Å². The lowest BCUT2D eigenvalue weighted by atomic mass is 10.1. The third-order valence-corrected chi connectivity index (χ3v) is 3.21. The SMILES string of the molecule is CC(O)C1Cc2c(Br)cccc2N1. The Morgan fingerprint density at radius 3 is 3.00 bits per heavy atom. The van der Waals surface area contributed by atoms with Gasteiger partial charge in [0, 0.05) is 10.2 Å². The van der Waals surface area contributed by atoms with Gasteiger partial charge in [-0.05, 0) is 31.0 Å². The van der Waals surface area contributed by atoms with Crippen molar-refractivity contribution in [2.24, 2.45) is 0 Å². The molecule has 3 heteroatoms. The van der Waals surface area contributed by atoms with Gasteiger partial charge in [-0.2, -0.15) is 0 Å². The molecule has 13 heavy (non-hydrogen) atoms. The minimum absolute atomic E-state index is 0.161. The van der Waals surface area contributed by atoms with Crippen molar-refractivity contribution in [3.05, 3.63) is 28.2 Å². The molecule has 0 aromatic heterocycles. The third kappa shape index (κ3) is 1.58. The molecule has 2 rings (SSSR count). The van der Waals surface area contributed by atoms with Crippen LogP contribution in [0.3, 0.4) is 0 Å². The normalized spacial score (nSPS) is 22.2. The van der Waals surface area contributed by atoms with E-state index < -0.39 is 0 Å². The average molecular weight is 242 g/mol. The number of aliphatic hydroxyl groups excluding tert-OH is 1. The van der Waals surface area contributed by atoms with Gasteiger partial charge in [-0.1, -0.05) is 22.0 Å². The second-order valence-corrected chi connectivity index (χ2v) is 4.32. The van der Waals surface area contributed by atoms with E-state index in [1.807, 2.05) is 25.1 Å². The Morgan fingerprint density at radius 1 is 1.62 bits per heavy atom. The van der Waals surface area contributed by atoms with Crippen molar-refractivity contribution in [1.29, 1.82) is 0 Å². The maximum Gasteiger partial charge on any atom is 0.0716 e. The van der Waals surface area contributed by atoms with Crippen molar-refractivity contribution in [1.82, 2.24) is 0 Å². The van der Waals surface area contributed by atoms with E-state index in [2.05, 4.69) is 21.2 Å². The molecule has 0 radical (unpaired) electrons. The van der Waals surface area contributed by atoms with Crippen LogP contribution < -0.4 is 5.32 Å². The van der Waals surface area contributed by atoms with Crippen LogP contribution in [0.4, 0.5) is 5.69 Å². The van der Waals surface area contributed by atoms with Crippen molar-refractivity contribution >= 4 is 21.6 Å². The maximum atomic E-state index is 9.44. The highest BCUT2D eigenvalue weighted by atomic mass is 79.9. The van der Waals surface area contributed by atoms with Gasteiger partial charge in [0.25, 0.3) is 0 Å². The summed E-state index contributed by atoms with van der Waals surface area (Å²) in [6.07, 6.45) is 0.591. The molecule has 0 fully saturated rings. The molecule has 0 saturated heterocycles. The predicted molar refractivity (Wildman–Crippen MR) is 56.9 cm³/mol. The first-order valence-electron chi connectivity index (χ1n) is 4.40. The number of nitrogens with one attached hydrogen (secondary N) is 1. The van der Waals surface area contributed by atoms with E-state index in [0.29, 0.717) is 0 Å². The molecule has 2 unspecified atom stereocenters. The molecule has 1 aliphatic heterocycles. The summed E-state index contributed by atoms with van der Waals surface area (Å²) < 4.78 is 1.13. The molecule has 0 bridgehead atoms. The fourth-order valence-corrected chi connectivity index (χ4v) is 2.19. The van der Waals surface area contributed by atoms with E-state index >= 15 is 0 Å². The van der Waals surface area contributed by atoms with Crippen molar-refractivity contribution in [2.45, 2.75) is 25.5 Å². The average Bonchev–Trinajstić information content (AvgIpc) is 2.49. The topological polar surface area (TPSA) is 32.3 Å². The molecule has 1 heterocycles. The van der Waals surface area contributed by atoms with Crippen LogP contribution >= 0.6 is 15.9 Å². The number of anilines is 1. The largest absolute Gasteiger partial charge is 0.391 e. The highest BCUT2D eigenvalue weighted by molar-refractivity contribution is 9.10. The Balaban J connectivity index is 2.30. The first kappa shape index (κ1) is 9.03. The van der Waals surface area contributed by atoms with Crippen LogP contribution in [0.1, 0.15) is 12.5 Å². The molecule has 0 spiro atoms. The van der Waals surface area contributed by atoms with Gasteiger partial charge in [-0.25, -0.2) is 0 Å². The molecule has 2 nitrogen and oxygen atoms in total. The van der Waals surface area contributed by atoms with E-state index in [1.54, 1.807) is 0 Å². The minimum Gasteiger partial charge on any atom is -0.391 e. The Bertz CT molecular complexity index is 325. The fraction of sp³-hybridized carbons (Fsp3) is 0.400. The Kier molecular flexibility index (Phi) is 2.30. The Labute approximate surface area is 86.1 Å². The summed E-state index contributed by atoms with van der Waals surface area (Å²) in [6.45, 7) is 1.82. The van der Waals surface area contributed by atoms with E-state index in [9.17, 15) is 5.11 Å². The first-order valence-corrected chi connectivity index (χ1v) is 5.20. The van der Waals surface area contributed by atoms with Gasteiger partial charge < -0.3 is 10.4 Å². The lowest BCUT2D eigenvalue weighted by Gasteiger charge is -2.13. The van der Waals surface area contributed by atoms with Crippen LogP contribution in [0.2, 0.25) is 0 Å². The molecule has 2 atom stereocenters. The van der Waals surface area contributed by atoms with Crippen LogP contribution in [0.25, 0.3) is 0 Å². The number of hydrogen-bond acceptors (Lipinski definition) is 2. The summed E-state index contributed by atoms with van der Waals surface area (Å²) in [5.41, 5.74) is 2.41. The van der Waals surface area contributed by atoms with Crippen molar-refractivity contribution in [3.8, 4) is 0 Å².